The van der Waals surface area contributed by atoms with E-state index in [9.17, 15) is 0 Å². The van der Waals surface area contributed by atoms with Gasteiger partial charge in [-0.3, -0.25) is 0 Å². The molecule has 1 aromatic heterocycles. The van der Waals surface area contributed by atoms with Crippen LogP contribution in [0, 0.1) is 3.57 Å². The van der Waals surface area contributed by atoms with E-state index in [0.717, 1.165) is 9.32 Å². The normalized spacial score (nSPS) is 9.93. The van der Waals surface area contributed by atoms with Gasteiger partial charge >= 0.3 is 0 Å². The van der Waals surface area contributed by atoms with Crippen LogP contribution in [0.5, 0.6) is 5.75 Å². The summed E-state index contributed by atoms with van der Waals surface area (Å²) in [5.74, 6) is 1.53. The maximum absolute atomic E-state index is 5.54. The van der Waals surface area contributed by atoms with Gasteiger partial charge in [-0.25, -0.2) is 9.97 Å². The summed E-state index contributed by atoms with van der Waals surface area (Å²) in [4.78, 5) is 8.16. The van der Waals surface area contributed by atoms with Crippen LogP contribution in [0.25, 0.3) is 0 Å². The average Bonchev–Trinajstić information content (AvgIpc) is 2.28. The molecule has 76 valence electrons. The quantitative estimate of drug-likeness (QED) is 0.817. The number of hydrogen-bond donors (Lipinski definition) is 0. The van der Waals surface area contributed by atoms with Crippen LogP contribution >= 0.6 is 22.6 Å². The highest BCUT2D eigenvalue weighted by Crippen LogP contribution is 2.15. The molecule has 0 radical (unpaired) electrons. The van der Waals surface area contributed by atoms with Gasteiger partial charge in [-0.2, -0.15) is 0 Å². The van der Waals surface area contributed by atoms with Crippen molar-refractivity contribution in [2.75, 3.05) is 0 Å². The van der Waals surface area contributed by atoms with Crippen molar-refractivity contribution in [3.05, 3.63) is 52.1 Å². The zero-order chi connectivity index (χ0) is 10.5. The van der Waals surface area contributed by atoms with E-state index in [1.54, 1.807) is 18.5 Å². The smallest absolute Gasteiger partial charge is 0.166 e. The molecule has 1 heterocycles. The zero-order valence-electron chi connectivity index (χ0n) is 7.93. The van der Waals surface area contributed by atoms with E-state index in [2.05, 4.69) is 32.6 Å². The number of halogens is 1. The van der Waals surface area contributed by atoms with E-state index in [0.29, 0.717) is 12.4 Å². The van der Waals surface area contributed by atoms with Gasteiger partial charge in [0.2, 0.25) is 0 Å². The summed E-state index contributed by atoms with van der Waals surface area (Å²) in [7, 11) is 0. The molecule has 0 aliphatic rings. The van der Waals surface area contributed by atoms with Crippen LogP contribution in [0.1, 0.15) is 5.82 Å². The molecule has 4 heteroatoms. The summed E-state index contributed by atoms with van der Waals surface area (Å²) < 4.78 is 6.69. The van der Waals surface area contributed by atoms with Crippen LogP contribution in [0.3, 0.4) is 0 Å². The van der Waals surface area contributed by atoms with Gasteiger partial charge in [0.25, 0.3) is 0 Å². The maximum atomic E-state index is 5.54. The lowest BCUT2D eigenvalue weighted by Gasteiger charge is -2.04. The van der Waals surface area contributed by atoms with Gasteiger partial charge in [0, 0.05) is 16.0 Å². The van der Waals surface area contributed by atoms with E-state index >= 15 is 0 Å². The van der Waals surface area contributed by atoms with E-state index in [1.807, 2.05) is 24.3 Å². The molecule has 0 atom stereocenters. The summed E-state index contributed by atoms with van der Waals surface area (Å²) in [6, 6.07) is 9.67. The minimum atomic E-state index is 0.404. The first kappa shape index (κ1) is 10.4. The lowest BCUT2D eigenvalue weighted by Crippen LogP contribution is -2.00. The van der Waals surface area contributed by atoms with Gasteiger partial charge < -0.3 is 4.74 Å². The second-order valence-corrected chi connectivity index (χ2v) is 4.16. The molecule has 15 heavy (non-hydrogen) atoms. The van der Waals surface area contributed by atoms with Gasteiger partial charge in [-0.15, -0.1) is 0 Å². The first-order chi connectivity index (χ1) is 7.34. The van der Waals surface area contributed by atoms with Crippen molar-refractivity contribution < 1.29 is 4.74 Å². The minimum Gasteiger partial charge on any atom is -0.486 e. The molecule has 2 rings (SSSR count). The fraction of sp³-hybridized carbons (Fsp3) is 0.0909. The Bertz CT molecular complexity index is 434. The standard InChI is InChI=1S/C11H9IN2O/c12-9-3-1-4-10(7-9)15-8-11-13-5-2-6-14-11/h1-7H,8H2. The third-order valence-corrected chi connectivity index (χ3v) is 2.45. The Morgan fingerprint density at radius 1 is 1.13 bits per heavy atom. The van der Waals surface area contributed by atoms with Crippen molar-refractivity contribution in [1.29, 1.82) is 0 Å². The third kappa shape index (κ3) is 3.16. The second-order valence-electron chi connectivity index (χ2n) is 2.91. The van der Waals surface area contributed by atoms with Crippen LogP contribution in [0.2, 0.25) is 0 Å². The van der Waals surface area contributed by atoms with Crippen molar-refractivity contribution in [3.63, 3.8) is 0 Å². The van der Waals surface area contributed by atoms with Gasteiger partial charge in [-0.05, 0) is 46.9 Å². The monoisotopic (exact) mass is 312 g/mol. The van der Waals surface area contributed by atoms with E-state index in [4.69, 9.17) is 4.74 Å². The molecule has 0 saturated carbocycles. The van der Waals surface area contributed by atoms with E-state index in [-0.39, 0.29) is 0 Å². The number of hydrogen-bond acceptors (Lipinski definition) is 3. The Morgan fingerprint density at radius 3 is 2.67 bits per heavy atom. The molecular weight excluding hydrogens is 303 g/mol. The summed E-state index contributed by atoms with van der Waals surface area (Å²) in [6.07, 6.45) is 3.42. The fourth-order valence-electron chi connectivity index (χ4n) is 1.11. The largest absolute Gasteiger partial charge is 0.486 e. The van der Waals surface area contributed by atoms with Gasteiger partial charge in [-0.1, -0.05) is 6.07 Å². The van der Waals surface area contributed by atoms with Crippen LogP contribution in [0.4, 0.5) is 0 Å². The predicted octanol–water partition coefficient (Wildman–Crippen LogP) is 2.66. The second kappa shape index (κ2) is 5.06. The molecule has 0 fully saturated rings. The Morgan fingerprint density at radius 2 is 1.93 bits per heavy atom. The summed E-state index contributed by atoms with van der Waals surface area (Å²) >= 11 is 2.25. The highest BCUT2D eigenvalue weighted by Gasteiger charge is 1.97. The SMILES string of the molecule is Ic1cccc(OCc2ncccn2)c1. The number of ether oxygens (including phenoxy) is 1. The molecule has 0 amide bonds. The third-order valence-electron chi connectivity index (χ3n) is 1.78. The molecule has 0 aliphatic heterocycles. The molecule has 0 N–H and O–H groups in total. The molecule has 0 saturated heterocycles. The Kier molecular flexibility index (Phi) is 3.49. The summed E-state index contributed by atoms with van der Waals surface area (Å²) in [6.45, 7) is 0.404. The zero-order valence-corrected chi connectivity index (χ0v) is 10.1. The molecule has 1 aromatic carbocycles. The molecule has 0 aliphatic carbocycles. The average molecular weight is 312 g/mol. The molecule has 2 aromatic rings. The van der Waals surface area contributed by atoms with Crippen molar-refractivity contribution in [2.45, 2.75) is 6.61 Å². The van der Waals surface area contributed by atoms with Crippen LogP contribution in [0.15, 0.2) is 42.7 Å². The maximum Gasteiger partial charge on any atom is 0.166 e. The van der Waals surface area contributed by atoms with Crippen LogP contribution in [-0.2, 0) is 6.61 Å². The van der Waals surface area contributed by atoms with E-state index in [1.165, 1.54) is 0 Å². The number of benzene rings is 1. The van der Waals surface area contributed by atoms with E-state index < -0.39 is 0 Å². The lowest BCUT2D eigenvalue weighted by molar-refractivity contribution is 0.295. The summed E-state index contributed by atoms with van der Waals surface area (Å²) in [5, 5.41) is 0. The predicted molar refractivity (Wildman–Crippen MR) is 65.5 cm³/mol. The first-order valence-corrected chi connectivity index (χ1v) is 5.57. The topological polar surface area (TPSA) is 35.0 Å². The molecule has 3 nitrogen and oxygen atoms in total. The Balaban J connectivity index is 1.99. The van der Waals surface area contributed by atoms with Crippen molar-refractivity contribution in [1.82, 2.24) is 9.97 Å². The number of aromatic nitrogens is 2. The van der Waals surface area contributed by atoms with Crippen LogP contribution in [-0.4, -0.2) is 9.97 Å². The Labute approximate surface area is 102 Å². The lowest BCUT2D eigenvalue weighted by atomic mass is 10.3. The molecule has 0 unspecified atom stereocenters. The van der Waals surface area contributed by atoms with Crippen molar-refractivity contribution in [3.8, 4) is 5.75 Å². The highest BCUT2D eigenvalue weighted by molar-refractivity contribution is 14.1. The molecular formula is C11H9IN2O. The molecule has 0 bridgehead atoms. The molecule has 0 spiro atoms. The first-order valence-electron chi connectivity index (χ1n) is 4.49. The van der Waals surface area contributed by atoms with Gasteiger partial charge in [0.1, 0.15) is 12.4 Å². The summed E-state index contributed by atoms with van der Waals surface area (Å²) in [5.41, 5.74) is 0. The van der Waals surface area contributed by atoms with Crippen molar-refractivity contribution in [2.24, 2.45) is 0 Å². The number of rotatable bonds is 3. The number of nitrogens with zero attached hydrogens (tertiary/aromatic N) is 2. The van der Waals surface area contributed by atoms with Gasteiger partial charge in [0.05, 0.1) is 0 Å². The minimum absolute atomic E-state index is 0.404. The van der Waals surface area contributed by atoms with Crippen molar-refractivity contribution >= 4 is 22.6 Å². The fourth-order valence-corrected chi connectivity index (χ4v) is 1.62. The van der Waals surface area contributed by atoms with Crippen LogP contribution < -0.4 is 4.74 Å². The van der Waals surface area contributed by atoms with Gasteiger partial charge in [0.15, 0.2) is 5.82 Å². The Hall–Kier alpha value is -1.17. The highest BCUT2D eigenvalue weighted by atomic mass is 127.